The van der Waals surface area contributed by atoms with Crippen LogP contribution in [-0.2, 0) is 0 Å². The Morgan fingerprint density at radius 3 is 1.83 bits per heavy atom. The third-order valence-corrected chi connectivity index (χ3v) is 1.31. The van der Waals surface area contributed by atoms with E-state index in [9.17, 15) is 20.2 Å². The lowest BCUT2D eigenvalue weighted by Crippen LogP contribution is -2.53. The van der Waals surface area contributed by atoms with Crippen LogP contribution in [0.3, 0.4) is 0 Å². The standard InChI is InChI=1S/C3H6N5O4/c9-7(10)5-1-4-2-6(3-5)8(11)12/h1-3H2. The number of hydrogen-bond donors (Lipinski definition) is 0. The summed E-state index contributed by atoms with van der Waals surface area (Å²) in [6.45, 7) is -0.530. The van der Waals surface area contributed by atoms with Gasteiger partial charge in [0, 0.05) is 0 Å². The van der Waals surface area contributed by atoms with Crippen LogP contribution in [0.25, 0.3) is 0 Å². The van der Waals surface area contributed by atoms with Crippen molar-refractivity contribution < 1.29 is 10.1 Å². The Morgan fingerprint density at radius 1 is 1.08 bits per heavy atom. The third kappa shape index (κ3) is 1.69. The molecule has 0 aromatic rings. The van der Waals surface area contributed by atoms with Gasteiger partial charge in [-0.15, -0.1) is 0 Å². The minimum absolute atomic E-state index is 0.0999. The molecule has 1 rings (SSSR count). The molecule has 0 saturated carbocycles. The molecule has 1 aliphatic heterocycles. The van der Waals surface area contributed by atoms with Crippen LogP contribution in [0.2, 0.25) is 0 Å². The topological polar surface area (TPSA) is 107 Å². The summed E-state index contributed by atoms with van der Waals surface area (Å²) in [6.07, 6.45) is 0. The summed E-state index contributed by atoms with van der Waals surface area (Å²) >= 11 is 0. The lowest BCUT2D eigenvalue weighted by molar-refractivity contribution is -0.721. The summed E-state index contributed by atoms with van der Waals surface area (Å²) < 4.78 is 0. The van der Waals surface area contributed by atoms with Crippen LogP contribution >= 0.6 is 0 Å². The molecule has 1 aliphatic rings. The molecule has 0 unspecified atom stereocenters. The number of nitrogens with zero attached hydrogens (tertiary/aromatic N) is 5. The van der Waals surface area contributed by atoms with Crippen molar-refractivity contribution in [2.45, 2.75) is 0 Å². The number of nitro groups is 2. The van der Waals surface area contributed by atoms with Gasteiger partial charge in [0.1, 0.15) is 13.3 Å². The first-order valence-electron chi connectivity index (χ1n) is 3.03. The largest absolute Gasteiger partial charge is 0.235 e. The predicted octanol–water partition coefficient (Wildman–Crippen LogP) is -1.54. The molecule has 0 bridgehead atoms. The lowest BCUT2D eigenvalue weighted by Gasteiger charge is -2.23. The molecule has 0 N–H and O–H groups in total. The second kappa shape index (κ2) is 3.17. The molecule has 67 valence electrons. The number of hydrogen-bond acceptors (Lipinski definition) is 4. The van der Waals surface area contributed by atoms with E-state index in [1.807, 2.05) is 0 Å². The SMILES string of the molecule is O=[N+]([O-])N1C[N]CN([N+](=O)[O-])C1. The van der Waals surface area contributed by atoms with E-state index in [2.05, 4.69) is 5.32 Å². The van der Waals surface area contributed by atoms with Crippen LogP contribution in [0.5, 0.6) is 0 Å². The Morgan fingerprint density at radius 2 is 1.50 bits per heavy atom. The van der Waals surface area contributed by atoms with Gasteiger partial charge >= 0.3 is 0 Å². The van der Waals surface area contributed by atoms with Gasteiger partial charge in [0.05, 0.1) is 0 Å². The van der Waals surface area contributed by atoms with E-state index in [0.29, 0.717) is 10.0 Å². The smallest absolute Gasteiger partial charge is 0.211 e. The lowest BCUT2D eigenvalue weighted by atomic mass is 10.7. The predicted molar refractivity (Wildman–Crippen MR) is 34.4 cm³/mol. The first-order chi connectivity index (χ1) is 5.61. The van der Waals surface area contributed by atoms with E-state index in [1.165, 1.54) is 0 Å². The Hall–Kier alpha value is -1.64. The molecule has 9 nitrogen and oxygen atoms in total. The zero-order valence-corrected chi connectivity index (χ0v) is 5.99. The van der Waals surface area contributed by atoms with Crippen molar-refractivity contribution in [3.8, 4) is 0 Å². The zero-order valence-electron chi connectivity index (χ0n) is 5.99. The van der Waals surface area contributed by atoms with E-state index in [-0.39, 0.29) is 20.0 Å². The van der Waals surface area contributed by atoms with Crippen molar-refractivity contribution >= 4 is 0 Å². The van der Waals surface area contributed by atoms with E-state index < -0.39 is 10.1 Å². The van der Waals surface area contributed by atoms with Gasteiger partial charge in [-0.1, -0.05) is 10.0 Å². The normalized spacial score (nSPS) is 17.7. The van der Waals surface area contributed by atoms with E-state index in [4.69, 9.17) is 0 Å². The van der Waals surface area contributed by atoms with Crippen molar-refractivity contribution in [2.24, 2.45) is 0 Å². The molecule has 0 amide bonds. The summed E-state index contributed by atoms with van der Waals surface area (Å²) in [7, 11) is 0. The highest BCUT2D eigenvalue weighted by molar-refractivity contribution is 4.49. The zero-order chi connectivity index (χ0) is 9.14. The van der Waals surface area contributed by atoms with Gasteiger partial charge in [-0.2, -0.15) is 5.32 Å². The van der Waals surface area contributed by atoms with Gasteiger partial charge < -0.3 is 0 Å². The summed E-state index contributed by atoms with van der Waals surface area (Å²) in [4.78, 5) is 20.3. The molecule has 0 aromatic carbocycles. The molecule has 1 radical (unpaired) electrons. The maximum atomic E-state index is 10.1. The minimum Gasteiger partial charge on any atom is -0.235 e. The van der Waals surface area contributed by atoms with Crippen molar-refractivity contribution in [3.05, 3.63) is 20.2 Å². The van der Waals surface area contributed by atoms with Crippen LogP contribution in [-0.4, -0.2) is 40.1 Å². The van der Waals surface area contributed by atoms with Gasteiger partial charge in [-0.3, -0.25) is 0 Å². The quantitative estimate of drug-likeness (QED) is 0.373. The first-order valence-corrected chi connectivity index (χ1v) is 3.03. The third-order valence-electron chi connectivity index (χ3n) is 1.31. The molecule has 1 heterocycles. The summed E-state index contributed by atoms with van der Waals surface area (Å²) in [5.74, 6) is 0. The van der Waals surface area contributed by atoms with Crippen LogP contribution in [0.1, 0.15) is 0 Å². The van der Waals surface area contributed by atoms with Gasteiger partial charge in [0.15, 0.2) is 10.1 Å². The summed E-state index contributed by atoms with van der Waals surface area (Å²) in [6, 6.07) is 0. The Bertz CT molecular complexity index is 187. The maximum absolute atomic E-state index is 10.1. The monoisotopic (exact) mass is 176 g/mol. The second-order valence-corrected chi connectivity index (χ2v) is 2.14. The fourth-order valence-corrected chi connectivity index (χ4v) is 0.760. The molecular weight excluding hydrogens is 170 g/mol. The van der Waals surface area contributed by atoms with E-state index in [0.717, 1.165) is 0 Å². The summed E-state index contributed by atoms with van der Waals surface area (Å²) in [5, 5.41) is 23.7. The molecular formula is C3H6N5O4. The average Bonchev–Trinajstić information content (AvgIpc) is 2.04. The van der Waals surface area contributed by atoms with Crippen molar-refractivity contribution in [1.29, 1.82) is 0 Å². The molecule has 0 aromatic heterocycles. The van der Waals surface area contributed by atoms with E-state index in [1.54, 1.807) is 0 Å². The highest BCUT2D eigenvalue weighted by Gasteiger charge is 2.29. The van der Waals surface area contributed by atoms with Crippen molar-refractivity contribution in [1.82, 2.24) is 15.3 Å². The molecule has 0 atom stereocenters. The van der Waals surface area contributed by atoms with Crippen LogP contribution < -0.4 is 5.32 Å². The van der Waals surface area contributed by atoms with Gasteiger partial charge in [-0.05, 0) is 0 Å². The highest BCUT2D eigenvalue weighted by Crippen LogP contribution is 1.98. The molecule has 0 spiro atoms. The average molecular weight is 176 g/mol. The molecule has 12 heavy (non-hydrogen) atoms. The molecule has 9 heteroatoms. The van der Waals surface area contributed by atoms with E-state index >= 15 is 0 Å². The first kappa shape index (κ1) is 8.46. The Kier molecular flexibility index (Phi) is 2.24. The number of hydrazine groups is 2. The molecule has 0 aliphatic carbocycles. The maximum Gasteiger partial charge on any atom is 0.211 e. The van der Waals surface area contributed by atoms with Crippen LogP contribution in [0.4, 0.5) is 0 Å². The van der Waals surface area contributed by atoms with Gasteiger partial charge in [0.2, 0.25) is 6.67 Å². The highest BCUT2D eigenvalue weighted by atomic mass is 16.7. The Labute approximate surface area is 66.8 Å². The fourth-order valence-electron chi connectivity index (χ4n) is 0.760. The van der Waals surface area contributed by atoms with Crippen molar-refractivity contribution in [3.63, 3.8) is 0 Å². The molecule has 1 saturated heterocycles. The van der Waals surface area contributed by atoms with Gasteiger partial charge in [-0.25, -0.2) is 20.2 Å². The number of rotatable bonds is 2. The summed E-state index contributed by atoms with van der Waals surface area (Å²) in [5.41, 5.74) is 0. The van der Waals surface area contributed by atoms with Crippen molar-refractivity contribution in [2.75, 3.05) is 20.0 Å². The van der Waals surface area contributed by atoms with Gasteiger partial charge in [0.25, 0.3) is 0 Å². The van der Waals surface area contributed by atoms with Crippen LogP contribution in [0.15, 0.2) is 0 Å². The second-order valence-electron chi connectivity index (χ2n) is 2.14. The Balaban J connectivity index is 2.51. The minimum atomic E-state index is -0.709. The fraction of sp³-hybridized carbons (Fsp3) is 1.00. The molecule has 1 fully saturated rings. The van der Waals surface area contributed by atoms with Crippen LogP contribution in [0, 0.1) is 20.2 Å².